The summed E-state index contributed by atoms with van der Waals surface area (Å²) < 4.78 is 49.4. The highest BCUT2D eigenvalue weighted by atomic mass is 35.5. The van der Waals surface area contributed by atoms with Gasteiger partial charge in [0, 0.05) is 6.07 Å². The van der Waals surface area contributed by atoms with E-state index in [0.29, 0.717) is 28.4 Å². The number of carboxylic acid groups (broad SMARTS) is 1. The summed E-state index contributed by atoms with van der Waals surface area (Å²) in [4.78, 5) is 11.0. The summed E-state index contributed by atoms with van der Waals surface area (Å²) in [6.45, 7) is 2.00. The molecule has 0 aliphatic heterocycles. The van der Waals surface area contributed by atoms with Crippen molar-refractivity contribution in [2.75, 3.05) is 6.61 Å². The number of ether oxygens (including phenoxy) is 2. The van der Waals surface area contributed by atoms with Crippen molar-refractivity contribution in [2.45, 2.75) is 19.5 Å². The number of aryl methyl sites for hydroxylation is 1. The van der Waals surface area contributed by atoms with Crippen LogP contribution in [0.1, 0.15) is 22.3 Å². The normalized spacial score (nSPS) is 11.5. The molecule has 1 N–H and O–H groups in total. The Balaban J connectivity index is 1.64. The zero-order valence-corrected chi connectivity index (χ0v) is 18.3. The van der Waals surface area contributed by atoms with Crippen LogP contribution in [-0.2, 0) is 17.4 Å². The molecule has 172 valence electrons. The van der Waals surface area contributed by atoms with Crippen molar-refractivity contribution in [2.24, 2.45) is 0 Å². The summed E-state index contributed by atoms with van der Waals surface area (Å²) in [6.07, 6.45) is -1.23. The fourth-order valence-corrected chi connectivity index (χ4v) is 3.29. The Hall–Kier alpha value is -3.45. The quantitative estimate of drug-likeness (QED) is 0.374. The number of hydrogen-bond donors (Lipinski definition) is 1. The molecule has 4 nitrogen and oxygen atoms in total. The fraction of sp³-hybridized carbons (Fsp3) is 0.160. The molecule has 33 heavy (non-hydrogen) atoms. The molecule has 0 fully saturated rings. The molecular formula is C25H20ClF3O4. The lowest BCUT2D eigenvalue weighted by Gasteiger charge is -2.14. The van der Waals surface area contributed by atoms with Crippen molar-refractivity contribution in [1.82, 2.24) is 0 Å². The molecule has 0 aromatic heterocycles. The second-order valence-corrected chi connectivity index (χ2v) is 7.54. The Morgan fingerprint density at radius 1 is 1.06 bits per heavy atom. The van der Waals surface area contributed by atoms with E-state index < -0.39 is 17.7 Å². The van der Waals surface area contributed by atoms with Gasteiger partial charge in [-0.15, -0.1) is 0 Å². The molecule has 0 unspecified atom stereocenters. The third kappa shape index (κ3) is 6.76. The molecule has 3 aromatic carbocycles. The largest absolute Gasteiger partial charge is 0.489 e. The van der Waals surface area contributed by atoms with Crippen LogP contribution in [0.15, 0.2) is 66.7 Å². The van der Waals surface area contributed by atoms with E-state index in [-0.39, 0.29) is 18.1 Å². The van der Waals surface area contributed by atoms with Gasteiger partial charge in [-0.25, -0.2) is 0 Å². The fourth-order valence-electron chi connectivity index (χ4n) is 2.98. The minimum Gasteiger partial charge on any atom is -0.489 e. The lowest BCUT2D eigenvalue weighted by molar-refractivity contribution is -0.138. The first-order valence-electron chi connectivity index (χ1n) is 9.88. The Labute approximate surface area is 193 Å². The maximum atomic E-state index is 12.6. The molecule has 0 aliphatic carbocycles. The summed E-state index contributed by atoms with van der Waals surface area (Å²) in [5.74, 6) is 0.345. The van der Waals surface area contributed by atoms with Crippen LogP contribution in [0.4, 0.5) is 13.2 Å². The molecule has 0 spiro atoms. The number of carbonyl (C=O) groups is 1. The first-order valence-corrected chi connectivity index (χ1v) is 10.3. The zero-order valence-electron chi connectivity index (χ0n) is 17.5. The Morgan fingerprint density at radius 2 is 1.76 bits per heavy atom. The molecule has 3 rings (SSSR count). The smallest absolute Gasteiger partial charge is 0.416 e. The molecule has 0 atom stereocenters. The van der Waals surface area contributed by atoms with Gasteiger partial charge < -0.3 is 14.6 Å². The van der Waals surface area contributed by atoms with Crippen molar-refractivity contribution >= 4 is 23.6 Å². The second kappa shape index (κ2) is 10.4. The van der Waals surface area contributed by atoms with Gasteiger partial charge in [-0.05, 0) is 54.0 Å². The van der Waals surface area contributed by atoms with Gasteiger partial charge >= 0.3 is 12.1 Å². The van der Waals surface area contributed by atoms with Crippen molar-refractivity contribution in [1.29, 1.82) is 0 Å². The maximum absolute atomic E-state index is 12.6. The van der Waals surface area contributed by atoms with E-state index in [0.717, 1.165) is 17.7 Å². The van der Waals surface area contributed by atoms with Crippen LogP contribution in [0.5, 0.6) is 17.2 Å². The Bertz CT molecular complexity index is 1160. The summed E-state index contributed by atoms with van der Waals surface area (Å²) in [5, 5.41) is 9.27. The molecule has 0 heterocycles. The molecule has 0 saturated heterocycles. The van der Waals surface area contributed by atoms with E-state index in [1.165, 1.54) is 12.1 Å². The molecule has 0 bridgehead atoms. The van der Waals surface area contributed by atoms with Crippen molar-refractivity contribution in [3.8, 4) is 17.2 Å². The van der Waals surface area contributed by atoms with Crippen molar-refractivity contribution in [3.63, 3.8) is 0 Å². The molecule has 8 heteroatoms. The highest BCUT2D eigenvalue weighted by molar-refractivity contribution is 6.33. The number of carboxylic acids is 1. The van der Waals surface area contributed by atoms with E-state index in [1.54, 1.807) is 55.5 Å². The van der Waals surface area contributed by atoms with Gasteiger partial charge in [0.15, 0.2) is 0 Å². The Morgan fingerprint density at radius 3 is 2.42 bits per heavy atom. The number of halogens is 4. The predicted molar refractivity (Wildman–Crippen MR) is 120 cm³/mol. The second-order valence-electron chi connectivity index (χ2n) is 7.17. The van der Waals surface area contributed by atoms with E-state index in [1.807, 2.05) is 0 Å². The molecule has 0 radical (unpaired) electrons. The van der Waals surface area contributed by atoms with E-state index in [4.69, 9.17) is 26.2 Å². The minimum absolute atomic E-state index is 0.193. The van der Waals surface area contributed by atoms with Crippen LogP contribution in [0.3, 0.4) is 0 Å². The van der Waals surface area contributed by atoms with Crippen LogP contribution in [0.25, 0.3) is 6.08 Å². The van der Waals surface area contributed by atoms with Gasteiger partial charge in [0.1, 0.15) is 23.9 Å². The standard InChI is InChI=1S/C25H20ClF3O4/c1-16-7-10-18(14-22(30)31)23(26)24(16)33-21-6-2-5-20(15-21)32-13-3-4-17-8-11-19(12-9-17)25(27,28)29/h2-12,15H,13-14H2,1H3,(H,30,31). The average Bonchev–Trinajstić information content (AvgIpc) is 2.76. The van der Waals surface area contributed by atoms with Gasteiger partial charge in [-0.3, -0.25) is 4.79 Å². The highest BCUT2D eigenvalue weighted by Gasteiger charge is 2.29. The van der Waals surface area contributed by atoms with E-state index >= 15 is 0 Å². The number of aliphatic carboxylic acids is 1. The predicted octanol–water partition coefficient (Wildman–Crippen LogP) is 7.18. The van der Waals surface area contributed by atoms with E-state index in [2.05, 4.69) is 0 Å². The minimum atomic E-state index is -4.36. The number of hydrogen-bond acceptors (Lipinski definition) is 3. The van der Waals surface area contributed by atoms with Crippen LogP contribution in [0, 0.1) is 6.92 Å². The van der Waals surface area contributed by atoms with E-state index in [9.17, 15) is 18.0 Å². The number of benzene rings is 3. The molecule has 0 saturated carbocycles. The highest BCUT2D eigenvalue weighted by Crippen LogP contribution is 2.36. The van der Waals surface area contributed by atoms with Gasteiger partial charge in [0.2, 0.25) is 0 Å². The first-order chi connectivity index (χ1) is 15.6. The third-order valence-electron chi connectivity index (χ3n) is 4.64. The lowest BCUT2D eigenvalue weighted by Crippen LogP contribution is -2.03. The first kappa shape index (κ1) is 24.2. The summed E-state index contributed by atoms with van der Waals surface area (Å²) in [5.41, 5.74) is 1.12. The van der Waals surface area contributed by atoms with Gasteiger partial charge in [-0.1, -0.05) is 48.0 Å². The van der Waals surface area contributed by atoms with Crippen LogP contribution in [-0.4, -0.2) is 17.7 Å². The van der Waals surface area contributed by atoms with Crippen molar-refractivity contribution in [3.05, 3.63) is 94.0 Å². The third-order valence-corrected chi connectivity index (χ3v) is 5.05. The van der Waals surface area contributed by atoms with Crippen LogP contribution >= 0.6 is 11.6 Å². The lowest BCUT2D eigenvalue weighted by atomic mass is 10.1. The number of alkyl halides is 3. The number of rotatable bonds is 8. The SMILES string of the molecule is Cc1ccc(CC(=O)O)c(Cl)c1Oc1cccc(OCC=Cc2ccc(C(F)(F)F)cc2)c1. The van der Waals surface area contributed by atoms with Crippen LogP contribution < -0.4 is 9.47 Å². The molecule has 0 aliphatic rings. The molecule has 3 aromatic rings. The van der Waals surface area contributed by atoms with Gasteiger partial charge in [-0.2, -0.15) is 13.2 Å². The van der Waals surface area contributed by atoms with Crippen molar-refractivity contribution < 1.29 is 32.5 Å². The topological polar surface area (TPSA) is 55.8 Å². The zero-order chi connectivity index (χ0) is 24.0. The van der Waals surface area contributed by atoms with Crippen LogP contribution in [0.2, 0.25) is 5.02 Å². The summed E-state index contributed by atoms with van der Waals surface area (Å²) in [7, 11) is 0. The average molecular weight is 477 g/mol. The summed E-state index contributed by atoms with van der Waals surface area (Å²) in [6, 6.07) is 15.1. The molecule has 0 amide bonds. The summed E-state index contributed by atoms with van der Waals surface area (Å²) >= 11 is 6.35. The molecular weight excluding hydrogens is 457 g/mol. The Kier molecular flexibility index (Phi) is 7.66. The maximum Gasteiger partial charge on any atom is 0.416 e. The van der Waals surface area contributed by atoms with Gasteiger partial charge in [0.05, 0.1) is 17.0 Å². The monoisotopic (exact) mass is 476 g/mol. The van der Waals surface area contributed by atoms with Gasteiger partial charge in [0.25, 0.3) is 0 Å².